The fourth-order valence-corrected chi connectivity index (χ4v) is 3.86. The third-order valence-electron chi connectivity index (χ3n) is 5.19. The number of aliphatic hydroxyl groups excluding tert-OH is 1. The van der Waals surface area contributed by atoms with E-state index in [0.29, 0.717) is 27.9 Å². The number of piperidine rings is 1. The molecule has 0 saturated carbocycles. The van der Waals surface area contributed by atoms with Crippen LogP contribution >= 0.6 is 12.2 Å². The molecule has 2 heterocycles. The molecule has 0 spiro atoms. The third-order valence-corrected chi connectivity index (χ3v) is 5.93. The van der Waals surface area contributed by atoms with Crippen LogP contribution in [0.5, 0.6) is 5.75 Å². The number of carbonyl (C=O) groups is 1. The largest absolute Gasteiger partial charge is 0.409 e. The Hall–Kier alpha value is -2.50. The topological polar surface area (TPSA) is 77.9 Å². The monoisotopic (exact) mass is 470 g/mol. The first-order valence-corrected chi connectivity index (χ1v) is 10.8. The summed E-state index contributed by atoms with van der Waals surface area (Å²) in [7, 11) is 1.21. The third kappa shape index (κ3) is 6.05. The maximum atomic E-state index is 14.9. The highest BCUT2D eigenvalue weighted by Crippen LogP contribution is 2.39. The number of alkyl halides is 2. The normalized spacial score (nSPS) is 16.2. The zero-order valence-electron chi connectivity index (χ0n) is 17.7. The number of likely N-dealkylation sites (tertiary alicyclic amines) is 1. The first-order valence-electron chi connectivity index (χ1n) is 10.1. The van der Waals surface area contributed by atoms with Crippen molar-refractivity contribution in [2.75, 3.05) is 25.5 Å². The van der Waals surface area contributed by atoms with Gasteiger partial charge in [0.25, 0.3) is 0 Å². The molecule has 0 radical (unpaired) electrons. The van der Waals surface area contributed by atoms with E-state index in [1.54, 1.807) is 19.1 Å². The molecular formula is C21H25F3N4O3S. The Kier molecular flexibility index (Phi) is 7.86. The van der Waals surface area contributed by atoms with Gasteiger partial charge in [0.05, 0.1) is 11.8 Å². The summed E-state index contributed by atoms with van der Waals surface area (Å²) in [6.45, 7) is 1.91. The van der Waals surface area contributed by atoms with Crippen LogP contribution in [0.15, 0.2) is 42.6 Å². The molecule has 0 aliphatic carbocycles. The molecule has 1 aliphatic heterocycles. The summed E-state index contributed by atoms with van der Waals surface area (Å²) in [5.41, 5.74) is 0.890. The van der Waals surface area contributed by atoms with Crippen molar-refractivity contribution >= 4 is 23.9 Å². The zero-order chi connectivity index (χ0) is 23.3. The molecule has 174 valence electrons. The highest BCUT2D eigenvalue weighted by molar-refractivity contribution is 7.92. The predicted octanol–water partition coefficient (Wildman–Crippen LogP) is 4.68. The van der Waals surface area contributed by atoms with Crippen molar-refractivity contribution in [3.8, 4) is 5.75 Å². The maximum Gasteiger partial charge on any atom is 0.321 e. The number of rotatable bonds is 7. The fourth-order valence-electron chi connectivity index (χ4n) is 3.31. The van der Waals surface area contributed by atoms with Crippen LogP contribution in [0, 0.1) is 11.7 Å². The summed E-state index contributed by atoms with van der Waals surface area (Å²) in [5.74, 6) is -1.35. The first-order chi connectivity index (χ1) is 15.2. The van der Waals surface area contributed by atoms with Crippen molar-refractivity contribution in [3.63, 3.8) is 0 Å². The minimum atomic E-state index is -3.18. The van der Waals surface area contributed by atoms with Gasteiger partial charge < -0.3 is 19.5 Å². The van der Waals surface area contributed by atoms with Crippen LogP contribution in [0.3, 0.4) is 0 Å². The van der Waals surface area contributed by atoms with E-state index in [1.807, 2.05) is 0 Å². The van der Waals surface area contributed by atoms with Gasteiger partial charge in [-0.3, -0.25) is 4.98 Å². The van der Waals surface area contributed by atoms with E-state index in [2.05, 4.69) is 10.3 Å². The Morgan fingerprint density at radius 3 is 2.72 bits per heavy atom. The van der Waals surface area contributed by atoms with E-state index in [1.165, 1.54) is 36.3 Å². The number of benzene rings is 1. The van der Waals surface area contributed by atoms with Gasteiger partial charge in [-0.1, -0.05) is 6.07 Å². The van der Waals surface area contributed by atoms with Gasteiger partial charge in [0.15, 0.2) is 12.2 Å². The smallest absolute Gasteiger partial charge is 0.321 e. The molecule has 1 aromatic carbocycles. The Labute approximate surface area is 188 Å². The second kappa shape index (κ2) is 10.4. The number of pyridine rings is 1. The minimum Gasteiger partial charge on any atom is -0.409 e. The van der Waals surface area contributed by atoms with E-state index < -0.39 is 29.9 Å². The summed E-state index contributed by atoms with van der Waals surface area (Å²) in [6.07, 6.45) is 0.926. The number of aliphatic hydroxyl groups is 1. The van der Waals surface area contributed by atoms with Crippen LogP contribution in [0.25, 0.3) is 0 Å². The van der Waals surface area contributed by atoms with Crippen LogP contribution < -0.4 is 9.50 Å². The number of hydrogen-bond donors (Lipinski definition) is 2. The minimum absolute atomic E-state index is 0.112. The molecule has 1 aliphatic rings. The number of hydrogen-bond acceptors (Lipinski definition) is 6. The Bertz CT molecular complexity index is 927. The lowest BCUT2D eigenvalue weighted by Gasteiger charge is -2.38. The highest BCUT2D eigenvalue weighted by Gasteiger charge is 2.46. The lowest BCUT2D eigenvalue weighted by Crippen LogP contribution is -2.49. The molecular weight excluding hydrogens is 445 g/mol. The van der Waals surface area contributed by atoms with Gasteiger partial charge in [-0.25, -0.2) is 9.18 Å². The first kappa shape index (κ1) is 24.1. The molecule has 32 heavy (non-hydrogen) atoms. The summed E-state index contributed by atoms with van der Waals surface area (Å²) < 4.78 is 48.9. The second-order valence-electron chi connectivity index (χ2n) is 7.54. The number of amides is 2. The number of anilines is 1. The van der Waals surface area contributed by atoms with E-state index in [9.17, 15) is 23.1 Å². The van der Waals surface area contributed by atoms with Gasteiger partial charge in [0, 0.05) is 44.0 Å². The molecule has 1 unspecified atom stereocenters. The predicted molar refractivity (Wildman–Crippen MR) is 116 cm³/mol. The Morgan fingerprint density at radius 1 is 1.34 bits per heavy atom. The quantitative estimate of drug-likeness (QED) is 0.348. The molecule has 1 saturated heterocycles. The molecule has 0 bridgehead atoms. The van der Waals surface area contributed by atoms with Crippen molar-refractivity contribution in [2.45, 2.75) is 31.9 Å². The van der Waals surface area contributed by atoms with Gasteiger partial charge >= 0.3 is 12.1 Å². The summed E-state index contributed by atoms with van der Waals surface area (Å²) >= 11 is 0.449. The molecule has 1 atom stereocenters. The lowest BCUT2D eigenvalue weighted by molar-refractivity contribution is -0.147. The number of urea groups is 1. The molecule has 3 rings (SSSR count). The van der Waals surface area contributed by atoms with Crippen LogP contribution in [-0.2, 0) is 0 Å². The molecule has 7 nitrogen and oxygen atoms in total. The van der Waals surface area contributed by atoms with Crippen LogP contribution in [0.2, 0.25) is 0 Å². The maximum absolute atomic E-state index is 14.9. The average molecular weight is 471 g/mol. The molecule has 2 aromatic rings. The summed E-state index contributed by atoms with van der Waals surface area (Å²) in [6, 6.07) is 4.84. The van der Waals surface area contributed by atoms with E-state index >= 15 is 0 Å². The number of aromatic nitrogens is 1. The summed E-state index contributed by atoms with van der Waals surface area (Å²) in [5, 5.41) is 12.3. The Balaban J connectivity index is 1.51. The molecule has 2 N–H and O–H groups in total. The number of nitrogens with one attached hydrogen (secondary N) is 1. The fraction of sp³-hybridized carbons (Fsp3) is 0.429. The van der Waals surface area contributed by atoms with E-state index in [0.717, 1.165) is 6.07 Å². The van der Waals surface area contributed by atoms with Crippen LogP contribution in [-0.4, -0.2) is 51.5 Å². The van der Waals surface area contributed by atoms with Crippen molar-refractivity contribution < 1.29 is 27.3 Å². The van der Waals surface area contributed by atoms with Gasteiger partial charge in [-0.05, 0) is 44.0 Å². The van der Waals surface area contributed by atoms with Crippen LogP contribution in [0.1, 0.15) is 31.6 Å². The second-order valence-corrected chi connectivity index (χ2v) is 8.40. The van der Waals surface area contributed by atoms with Crippen molar-refractivity contribution in [2.24, 2.45) is 5.92 Å². The van der Waals surface area contributed by atoms with Gasteiger partial charge in [-0.2, -0.15) is 13.1 Å². The molecule has 11 heteroatoms. The SMILES string of the molecule is CC(O)c1cc(NC(=O)N2CCC(C(F)(F)N(C)SOc3cccc(F)c3)CC2)ccn1. The van der Waals surface area contributed by atoms with Crippen molar-refractivity contribution in [1.29, 1.82) is 0 Å². The number of nitrogens with zero attached hydrogens (tertiary/aromatic N) is 3. The van der Waals surface area contributed by atoms with Gasteiger partial charge in [-0.15, -0.1) is 0 Å². The number of halogens is 3. The van der Waals surface area contributed by atoms with Crippen molar-refractivity contribution in [1.82, 2.24) is 14.2 Å². The zero-order valence-corrected chi connectivity index (χ0v) is 18.5. The van der Waals surface area contributed by atoms with E-state index in [-0.39, 0.29) is 31.7 Å². The van der Waals surface area contributed by atoms with Crippen molar-refractivity contribution in [3.05, 3.63) is 54.1 Å². The highest BCUT2D eigenvalue weighted by atomic mass is 32.2. The summed E-state index contributed by atoms with van der Waals surface area (Å²) in [4.78, 5) is 18.0. The molecule has 1 fully saturated rings. The van der Waals surface area contributed by atoms with Gasteiger partial charge in [0.2, 0.25) is 0 Å². The van der Waals surface area contributed by atoms with Crippen LogP contribution in [0.4, 0.5) is 23.7 Å². The molecule has 2 amide bonds. The van der Waals surface area contributed by atoms with E-state index in [4.69, 9.17) is 4.18 Å². The van der Waals surface area contributed by atoms with Gasteiger partial charge in [0.1, 0.15) is 11.6 Å². The standard InChI is InChI=1S/C21H25F3N4O3S/c1-14(29)19-13-17(6-9-25-19)26-20(30)28-10-7-15(8-11-28)21(23,24)27(2)32-31-18-5-3-4-16(22)12-18/h3-6,9,12-15,29H,7-8,10-11H2,1-2H3,(H,25,26,30). The Morgan fingerprint density at radius 2 is 2.06 bits per heavy atom. The molecule has 1 aromatic heterocycles. The average Bonchev–Trinajstić information content (AvgIpc) is 2.77. The lowest BCUT2D eigenvalue weighted by atomic mass is 9.94. The number of carbonyl (C=O) groups excluding carboxylic acids is 1.